The standard InChI is InChI=1S/C11H14BrNO2/c12-9-3-1-2-7-6-11(13,10(14)15)5-4-8(7)9/h1-3,8-9H,4-6,13H2,(H,14,15). The molecule has 2 aliphatic rings. The number of carbonyl (C=O) groups is 1. The number of carboxylic acids is 1. The summed E-state index contributed by atoms with van der Waals surface area (Å²) in [7, 11) is 0. The predicted octanol–water partition coefficient (Wildman–Crippen LogP) is 1.83. The van der Waals surface area contributed by atoms with E-state index in [1.54, 1.807) is 0 Å². The summed E-state index contributed by atoms with van der Waals surface area (Å²) in [5, 5.41) is 9.07. The van der Waals surface area contributed by atoms with Crippen LogP contribution in [-0.2, 0) is 4.79 Å². The van der Waals surface area contributed by atoms with E-state index in [0.717, 1.165) is 12.0 Å². The minimum Gasteiger partial charge on any atom is -0.480 e. The smallest absolute Gasteiger partial charge is 0.324 e. The molecule has 3 atom stereocenters. The molecule has 0 aromatic rings. The molecule has 3 N–H and O–H groups in total. The molecule has 1 fully saturated rings. The number of aliphatic carboxylic acids is 1. The van der Waals surface area contributed by atoms with Crippen LogP contribution in [0.25, 0.3) is 0 Å². The van der Waals surface area contributed by atoms with Gasteiger partial charge in [-0.1, -0.05) is 39.7 Å². The topological polar surface area (TPSA) is 63.3 Å². The van der Waals surface area contributed by atoms with Crippen LogP contribution in [0.4, 0.5) is 0 Å². The van der Waals surface area contributed by atoms with Crippen molar-refractivity contribution in [3.63, 3.8) is 0 Å². The molecule has 0 aliphatic heterocycles. The van der Waals surface area contributed by atoms with Gasteiger partial charge in [0.1, 0.15) is 5.54 Å². The van der Waals surface area contributed by atoms with Gasteiger partial charge >= 0.3 is 5.97 Å². The quantitative estimate of drug-likeness (QED) is 0.716. The van der Waals surface area contributed by atoms with Gasteiger partial charge in [-0.3, -0.25) is 4.79 Å². The third-order valence-corrected chi connectivity index (χ3v) is 4.26. The summed E-state index contributed by atoms with van der Waals surface area (Å²) in [6, 6.07) is 0. The first kappa shape index (κ1) is 10.9. The maximum atomic E-state index is 11.1. The average molecular weight is 272 g/mol. The van der Waals surface area contributed by atoms with Gasteiger partial charge < -0.3 is 10.8 Å². The third kappa shape index (κ3) is 1.88. The number of nitrogens with two attached hydrogens (primary N) is 1. The minimum atomic E-state index is -1.06. The molecule has 2 aliphatic carbocycles. The third-order valence-electron chi connectivity index (χ3n) is 3.31. The van der Waals surface area contributed by atoms with Crippen LogP contribution in [0.1, 0.15) is 19.3 Å². The zero-order valence-electron chi connectivity index (χ0n) is 8.32. The molecule has 0 spiro atoms. The Morgan fingerprint density at radius 3 is 3.07 bits per heavy atom. The molecule has 0 aromatic carbocycles. The first-order valence-corrected chi connectivity index (χ1v) is 5.98. The zero-order chi connectivity index (χ0) is 11.1. The Bertz CT molecular complexity index is 350. The molecule has 0 amide bonds. The van der Waals surface area contributed by atoms with Gasteiger partial charge in [0.15, 0.2) is 0 Å². The van der Waals surface area contributed by atoms with Gasteiger partial charge in [-0.25, -0.2) is 0 Å². The molecule has 0 saturated heterocycles. The van der Waals surface area contributed by atoms with Crippen molar-refractivity contribution >= 4 is 21.9 Å². The lowest BCUT2D eigenvalue weighted by Crippen LogP contribution is -2.52. The molecule has 0 heterocycles. The highest BCUT2D eigenvalue weighted by molar-refractivity contribution is 9.09. The average Bonchev–Trinajstić information content (AvgIpc) is 2.17. The van der Waals surface area contributed by atoms with Crippen molar-refractivity contribution in [1.82, 2.24) is 0 Å². The van der Waals surface area contributed by atoms with E-state index in [2.05, 4.69) is 22.0 Å². The Hall–Kier alpha value is -0.610. The van der Waals surface area contributed by atoms with Gasteiger partial charge in [-0.05, 0) is 25.2 Å². The van der Waals surface area contributed by atoms with Crippen LogP contribution >= 0.6 is 15.9 Å². The molecule has 3 nitrogen and oxygen atoms in total. The molecule has 0 aromatic heterocycles. The number of hydrogen-bond donors (Lipinski definition) is 2. The Morgan fingerprint density at radius 2 is 2.40 bits per heavy atom. The lowest BCUT2D eigenvalue weighted by Gasteiger charge is -2.38. The monoisotopic (exact) mass is 271 g/mol. The summed E-state index contributed by atoms with van der Waals surface area (Å²) >= 11 is 3.59. The van der Waals surface area contributed by atoms with Crippen LogP contribution in [0.3, 0.4) is 0 Å². The summed E-state index contributed by atoms with van der Waals surface area (Å²) < 4.78 is 0. The van der Waals surface area contributed by atoms with Crippen LogP contribution in [0.15, 0.2) is 23.8 Å². The van der Waals surface area contributed by atoms with Gasteiger partial charge in [0.25, 0.3) is 0 Å². The largest absolute Gasteiger partial charge is 0.480 e. The summed E-state index contributed by atoms with van der Waals surface area (Å²) in [5.41, 5.74) is 5.98. The van der Waals surface area contributed by atoms with Gasteiger partial charge in [0.05, 0.1) is 0 Å². The number of carboxylic acid groups (broad SMARTS) is 1. The van der Waals surface area contributed by atoms with Crippen LogP contribution in [0.5, 0.6) is 0 Å². The van der Waals surface area contributed by atoms with E-state index in [4.69, 9.17) is 10.8 Å². The zero-order valence-corrected chi connectivity index (χ0v) is 9.90. The molecule has 0 radical (unpaired) electrons. The normalized spacial score (nSPS) is 39.5. The van der Waals surface area contributed by atoms with Gasteiger partial charge in [-0.15, -0.1) is 0 Å². The molecule has 2 rings (SSSR count). The molecule has 3 unspecified atom stereocenters. The van der Waals surface area contributed by atoms with Crippen molar-refractivity contribution < 1.29 is 9.90 Å². The van der Waals surface area contributed by atoms with E-state index >= 15 is 0 Å². The molecule has 82 valence electrons. The molecule has 0 bridgehead atoms. The summed E-state index contributed by atoms with van der Waals surface area (Å²) in [4.78, 5) is 11.4. The number of halogens is 1. The van der Waals surface area contributed by atoms with Crippen LogP contribution in [0, 0.1) is 5.92 Å². The SMILES string of the molecule is NC1(C(=O)O)CCC2C(=CC=CC2Br)C1. The fourth-order valence-corrected chi connectivity index (χ4v) is 3.11. The van der Waals surface area contributed by atoms with E-state index < -0.39 is 11.5 Å². The van der Waals surface area contributed by atoms with E-state index in [0.29, 0.717) is 23.6 Å². The van der Waals surface area contributed by atoms with Crippen molar-refractivity contribution in [3.05, 3.63) is 23.8 Å². The number of alkyl halides is 1. The van der Waals surface area contributed by atoms with Crippen LogP contribution in [-0.4, -0.2) is 21.4 Å². The molecule has 1 saturated carbocycles. The second-order valence-corrected chi connectivity index (χ2v) is 5.41. The van der Waals surface area contributed by atoms with Gasteiger partial charge in [0, 0.05) is 4.83 Å². The minimum absolute atomic E-state index is 0.329. The number of rotatable bonds is 1. The number of hydrogen-bond acceptors (Lipinski definition) is 2. The van der Waals surface area contributed by atoms with E-state index in [9.17, 15) is 4.79 Å². The summed E-state index contributed by atoms with van der Waals surface area (Å²) in [6.45, 7) is 0. The highest BCUT2D eigenvalue weighted by Gasteiger charge is 2.42. The van der Waals surface area contributed by atoms with Crippen molar-refractivity contribution in [3.8, 4) is 0 Å². The lowest BCUT2D eigenvalue weighted by molar-refractivity contribution is -0.144. The highest BCUT2D eigenvalue weighted by Crippen LogP contribution is 2.41. The molecule has 15 heavy (non-hydrogen) atoms. The fraction of sp³-hybridized carbons (Fsp3) is 0.545. The van der Waals surface area contributed by atoms with Crippen molar-refractivity contribution in [1.29, 1.82) is 0 Å². The second kappa shape index (κ2) is 3.76. The first-order valence-electron chi connectivity index (χ1n) is 5.06. The summed E-state index contributed by atoms with van der Waals surface area (Å²) in [6.07, 6.45) is 7.94. The first-order chi connectivity index (χ1) is 7.03. The second-order valence-electron chi connectivity index (χ2n) is 4.35. The van der Waals surface area contributed by atoms with Gasteiger partial charge in [-0.2, -0.15) is 0 Å². The van der Waals surface area contributed by atoms with E-state index in [1.165, 1.54) is 0 Å². The maximum absolute atomic E-state index is 11.1. The lowest BCUT2D eigenvalue weighted by atomic mass is 9.71. The Labute approximate surface area is 97.2 Å². The fourth-order valence-electron chi connectivity index (χ4n) is 2.33. The van der Waals surface area contributed by atoms with Crippen molar-refractivity contribution in [2.45, 2.75) is 29.6 Å². The van der Waals surface area contributed by atoms with E-state index in [-0.39, 0.29) is 0 Å². The Kier molecular flexibility index (Phi) is 2.73. The Morgan fingerprint density at radius 1 is 1.67 bits per heavy atom. The maximum Gasteiger partial charge on any atom is 0.324 e. The molecule has 4 heteroatoms. The predicted molar refractivity (Wildman–Crippen MR) is 61.8 cm³/mol. The highest BCUT2D eigenvalue weighted by atomic mass is 79.9. The Balaban J connectivity index is 2.22. The molecular weight excluding hydrogens is 258 g/mol. The van der Waals surface area contributed by atoms with Crippen molar-refractivity contribution in [2.75, 3.05) is 0 Å². The van der Waals surface area contributed by atoms with Gasteiger partial charge in [0.2, 0.25) is 0 Å². The van der Waals surface area contributed by atoms with Crippen LogP contribution < -0.4 is 5.73 Å². The van der Waals surface area contributed by atoms with E-state index in [1.807, 2.05) is 12.2 Å². The number of allylic oxidation sites excluding steroid dienone is 3. The molecular formula is C11H14BrNO2. The van der Waals surface area contributed by atoms with Crippen molar-refractivity contribution in [2.24, 2.45) is 11.7 Å². The summed E-state index contributed by atoms with van der Waals surface area (Å²) in [5.74, 6) is -0.464. The number of fused-ring (bicyclic) bond motifs is 1. The van der Waals surface area contributed by atoms with Crippen LogP contribution in [0.2, 0.25) is 0 Å².